The molecule has 0 atom stereocenters. The summed E-state index contributed by atoms with van der Waals surface area (Å²) >= 11 is 0. The van der Waals surface area contributed by atoms with Gasteiger partial charge in [-0.15, -0.1) is 0 Å². The first-order valence-electron chi connectivity index (χ1n) is 6.68. The van der Waals surface area contributed by atoms with Gasteiger partial charge in [-0.25, -0.2) is 0 Å². The van der Waals surface area contributed by atoms with E-state index in [2.05, 4.69) is 10.1 Å². The van der Waals surface area contributed by atoms with E-state index >= 15 is 0 Å². The molecule has 3 rings (SSSR count). The summed E-state index contributed by atoms with van der Waals surface area (Å²) in [4.78, 5) is 14.2. The first-order valence-corrected chi connectivity index (χ1v) is 6.68. The molecule has 2 aromatic rings. The highest BCUT2D eigenvalue weighted by Crippen LogP contribution is 2.19. The Balaban J connectivity index is 1.68. The molecule has 1 saturated heterocycles. The minimum absolute atomic E-state index is 0.0402. The van der Waals surface area contributed by atoms with Crippen molar-refractivity contribution < 1.29 is 14.1 Å². The lowest BCUT2D eigenvalue weighted by Gasteiger charge is -2.25. The molecular weight excluding hydrogens is 256 g/mol. The van der Waals surface area contributed by atoms with Crippen molar-refractivity contribution >= 4 is 5.78 Å². The van der Waals surface area contributed by atoms with Crippen molar-refractivity contribution in [2.75, 3.05) is 32.8 Å². The molecule has 1 aliphatic heterocycles. The third kappa shape index (κ3) is 2.95. The van der Waals surface area contributed by atoms with Crippen molar-refractivity contribution in [3.8, 4) is 11.3 Å². The van der Waals surface area contributed by atoms with E-state index in [1.807, 2.05) is 30.3 Å². The third-order valence-corrected chi connectivity index (χ3v) is 3.33. The maximum Gasteiger partial charge on any atom is 0.214 e. The van der Waals surface area contributed by atoms with Crippen molar-refractivity contribution in [2.45, 2.75) is 0 Å². The number of aromatic nitrogens is 1. The summed E-state index contributed by atoms with van der Waals surface area (Å²) in [7, 11) is 0. The Morgan fingerprint density at radius 2 is 1.95 bits per heavy atom. The highest BCUT2D eigenvalue weighted by Gasteiger charge is 2.19. The molecule has 20 heavy (non-hydrogen) atoms. The van der Waals surface area contributed by atoms with Gasteiger partial charge in [0.1, 0.15) is 5.69 Å². The van der Waals surface area contributed by atoms with E-state index in [1.54, 1.807) is 6.07 Å². The van der Waals surface area contributed by atoms with Gasteiger partial charge in [-0.1, -0.05) is 35.5 Å². The van der Waals surface area contributed by atoms with Crippen molar-refractivity contribution in [3.63, 3.8) is 0 Å². The van der Waals surface area contributed by atoms with Gasteiger partial charge in [0, 0.05) is 24.7 Å². The standard InChI is InChI=1S/C15H16N2O3/c18-14(11-17-6-8-19-9-7-17)15-10-13(16-20-15)12-4-2-1-3-5-12/h1-5,10H,6-9,11H2. The number of benzene rings is 1. The van der Waals surface area contributed by atoms with Gasteiger partial charge >= 0.3 is 0 Å². The molecule has 0 aliphatic carbocycles. The van der Waals surface area contributed by atoms with Crippen molar-refractivity contribution in [1.82, 2.24) is 10.1 Å². The predicted molar refractivity (Wildman–Crippen MR) is 73.5 cm³/mol. The Morgan fingerprint density at radius 3 is 2.70 bits per heavy atom. The van der Waals surface area contributed by atoms with E-state index in [-0.39, 0.29) is 5.78 Å². The lowest BCUT2D eigenvalue weighted by Crippen LogP contribution is -2.39. The molecule has 0 radical (unpaired) electrons. The fourth-order valence-corrected chi connectivity index (χ4v) is 2.19. The van der Waals surface area contributed by atoms with E-state index in [9.17, 15) is 4.79 Å². The fraction of sp³-hybridized carbons (Fsp3) is 0.333. The van der Waals surface area contributed by atoms with Crippen molar-refractivity contribution in [2.24, 2.45) is 0 Å². The van der Waals surface area contributed by atoms with Gasteiger partial charge in [0.25, 0.3) is 0 Å². The van der Waals surface area contributed by atoms with Crippen LogP contribution < -0.4 is 0 Å². The largest absolute Gasteiger partial charge is 0.379 e. The summed E-state index contributed by atoms with van der Waals surface area (Å²) in [6.07, 6.45) is 0. The fourth-order valence-electron chi connectivity index (χ4n) is 2.19. The maximum atomic E-state index is 12.1. The van der Waals surface area contributed by atoms with Gasteiger partial charge in [-0.2, -0.15) is 0 Å². The molecule has 5 nitrogen and oxygen atoms in total. The van der Waals surface area contributed by atoms with Crippen LogP contribution in [0, 0.1) is 0 Å². The molecule has 2 heterocycles. The summed E-state index contributed by atoms with van der Waals surface area (Å²) in [5.74, 6) is 0.275. The number of morpholine rings is 1. The molecule has 0 amide bonds. The monoisotopic (exact) mass is 272 g/mol. The first-order chi connectivity index (χ1) is 9.83. The minimum Gasteiger partial charge on any atom is -0.379 e. The Bertz CT molecular complexity index is 574. The summed E-state index contributed by atoms with van der Waals surface area (Å²) in [6, 6.07) is 11.4. The zero-order valence-corrected chi connectivity index (χ0v) is 11.1. The number of ether oxygens (including phenoxy) is 1. The molecule has 0 unspecified atom stereocenters. The topological polar surface area (TPSA) is 55.6 Å². The van der Waals surface area contributed by atoms with E-state index in [4.69, 9.17) is 9.26 Å². The maximum absolute atomic E-state index is 12.1. The van der Waals surface area contributed by atoms with Crippen LogP contribution in [0.15, 0.2) is 40.9 Å². The number of carbonyl (C=O) groups excluding carboxylic acids is 1. The third-order valence-electron chi connectivity index (χ3n) is 3.33. The molecule has 1 aromatic heterocycles. The van der Waals surface area contributed by atoms with Crippen LogP contribution in [0.4, 0.5) is 0 Å². The smallest absolute Gasteiger partial charge is 0.214 e. The summed E-state index contributed by atoms with van der Waals surface area (Å²) in [5, 5.41) is 3.96. The van der Waals surface area contributed by atoms with Crippen molar-refractivity contribution in [3.05, 3.63) is 42.2 Å². The molecule has 0 spiro atoms. The van der Waals surface area contributed by atoms with Gasteiger partial charge in [0.15, 0.2) is 0 Å². The number of rotatable bonds is 4. The number of nitrogens with zero attached hydrogens (tertiary/aromatic N) is 2. The van der Waals surface area contributed by atoms with Crippen LogP contribution in [0.5, 0.6) is 0 Å². The van der Waals surface area contributed by atoms with Crippen LogP contribution in [-0.4, -0.2) is 48.7 Å². The minimum atomic E-state index is -0.0402. The lowest BCUT2D eigenvalue weighted by molar-refractivity contribution is 0.0363. The summed E-state index contributed by atoms with van der Waals surface area (Å²) in [5.41, 5.74) is 1.64. The first kappa shape index (κ1) is 13.0. The molecule has 0 saturated carbocycles. The molecule has 1 aromatic carbocycles. The van der Waals surface area contributed by atoms with E-state index in [0.717, 1.165) is 18.7 Å². The van der Waals surface area contributed by atoms with E-state index in [1.165, 1.54) is 0 Å². The molecule has 1 aliphatic rings. The number of carbonyl (C=O) groups is 1. The van der Waals surface area contributed by atoms with Gasteiger partial charge in [0.05, 0.1) is 19.8 Å². The highest BCUT2D eigenvalue weighted by molar-refractivity contribution is 5.95. The molecule has 0 N–H and O–H groups in total. The van der Waals surface area contributed by atoms with Crippen LogP contribution in [0.1, 0.15) is 10.6 Å². The van der Waals surface area contributed by atoms with Gasteiger partial charge in [-0.05, 0) is 0 Å². The van der Waals surface area contributed by atoms with Crippen LogP contribution in [0.25, 0.3) is 11.3 Å². The van der Waals surface area contributed by atoms with Crippen LogP contribution >= 0.6 is 0 Å². The second-order valence-corrected chi connectivity index (χ2v) is 4.75. The van der Waals surface area contributed by atoms with Crippen molar-refractivity contribution in [1.29, 1.82) is 0 Å². The SMILES string of the molecule is O=C(CN1CCOCC1)c1cc(-c2ccccc2)no1. The number of hydrogen-bond acceptors (Lipinski definition) is 5. The Kier molecular flexibility index (Phi) is 3.90. The molecule has 5 heteroatoms. The Hall–Kier alpha value is -1.98. The predicted octanol–water partition coefficient (Wildman–Crippen LogP) is 1.86. The molecule has 1 fully saturated rings. The van der Waals surface area contributed by atoms with E-state index < -0.39 is 0 Å². The quantitative estimate of drug-likeness (QED) is 0.795. The Labute approximate surface area is 117 Å². The lowest BCUT2D eigenvalue weighted by atomic mass is 10.1. The van der Waals surface area contributed by atoms with Gasteiger partial charge < -0.3 is 9.26 Å². The number of Topliss-reactive ketones (excluding diaryl/α,β-unsaturated/α-hetero) is 1. The summed E-state index contributed by atoms with van der Waals surface area (Å²) in [6.45, 7) is 3.28. The normalized spacial score (nSPS) is 16.2. The van der Waals surface area contributed by atoms with Crippen LogP contribution in [0.3, 0.4) is 0 Å². The zero-order valence-electron chi connectivity index (χ0n) is 11.1. The average Bonchev–Trinajstić information content (AvgIpc) is 2.99. The number of hydrogen-bond donors (Lipinski definition) is 0. The van der Waals surface area contributed by atoms with Crippen LogP contribution in [-0.2, 0) is 4.74 Å². The second-order valence-electron chi connectivity index (χ2n) is 4.75. The average molecular weight is 272 g/mol. The molecular formula is C15H16N2O3. The molecule has 104 valence electrons. The highest BCUT2D eigenvalue weighted by atomic mass is 16.5. The second kappa shape index (κ2) is 5.98. The molecule has 0 bridgehead atoms. The Morgan fingerprint density at radius 1 is 1.20 bits per heavy atom. The van der Waals surface area contributed by atoms with E-state index in [0.29, 0.717) is 31.2 Å². The summed E-state index contributed by atoms with van der Waals surface area (Å²) < 4.78 is 10.4. The zero-order chi connectivity index (χ0) is 13.8. The number of ketones is 1. The van der Waals surface area contributed by atoms with Crippen LogP contribution in [0.2, 0.25) is 0 Å². The van der Waals surface area contributed by atoms with Gasteiger partial charge in [0.2, 0.25) is 11.5 Å². The van der Waals surface area contributed by atoms with Gasteiger partial charge in [-0.3, -0.25) is 9.69 Å².